The molecule has 1 atom stereocenters. The molecule has 0 saturated carbocycles. The number of sulfonamides is 1. The summed E-state index contributed by atoms with van der Waals surface area (Å²) in [5.41, 5.74) is 2.67. The average molecular weight is 461 g/mol. The largest absolute Gasteiger partial charge is 0.449 e. The van der Waals surface area contributed by atoms with E-state index in [4.69, 9.17) is 4.74 Å². The van der Waals surface area contributed by atoms with Gasteiger partial charge in [0.15, 0.2) is 6.10 Å². The molecule has 0 fully saturated rings. The number of nitrogens with zero attached hydrogens (tertiary/aromatic N) is 1. The molecule has 0 heterocycles. The van der Waals surface area contributed by atoms with Gasteiger partial charge in [-0.15, -0.1) is 0 Å². The third-order valence-electron chi connectivity index (χ3n) is 5.30. The summed E-state index contributed by atoms with van der Waals surface area (Å²) in [7, 11) is -2.27. The average Bonchev–Trinajstić information content (AvgIpc) is 2.74. The zero-order valence-corrected chi connectivity index (χ0v) is 20.5. The molecule has 174 valence electrons. The molecule has 1 unspecified atom stereocenters. The smallest absolute Gasteiger partial charge is 0.338 e. The Morgan fingerprint density at radius 1 is 1.00 bits per heavy atom. The van der Waals surface area contributed by atoms with Crippen LogP contribution < -0.4 is 5.32 Å². The summed E-state index contributed by atoms with van der Waals surface area (Å²) in [4.78, 5) is 25.3. The van der Waals surface area contributed by atoms with Crippen LogP contribution in [0.3, 0.4) is 0 Å². The monoisotopic (exact) mass is 460 g/mol. The lowest BCUT2D eigenvalue weighted by Crippen LogP contribution is -2.33. The number of benzene rings is 2. The van der Waals surface area contributed by atoms with Crippen LogP contribution in [0.25, 0.3) is 0 Å². The highest BCUT2D eigenvalue weighted by molar-refractivity contribution is 7.89. The Bertz CT molecular complexity index is 1090. The van der Waals surface area contributed by atoms with Crippen LogP contribution in [-0.4, -0.2) is 43.8 Å². The molecule has 32 heavy (non-hydrogen) atoms. The third kappa shape index (κ3) is 5.75. The summed E-state index contributed by atoms with van der Waals surface area (Å²) in [5.74, 6) is -1.03. The van der Waals surface area contributed by atoms with Gasteiger partial charge in [-0.1, -0.05) is 38.1 Å². The number of esters is 1. The number of anilines is 1. The molecule has 0 bridgehead atoms. The van der Waals surface area contributed by atoms with Gasteiger partial charge in [0, 0.05) is 18.8 Å². The lowest BCUT2D eigenvalue weighted by Gasteiger charge is -2.21. The molecule has 7 nitrogen and oxygen atoms in total. The van der Waals surface area contributed by atoms with Crippen molar-refractivity contribution >= 4 is 27.6 Å². The maximum absolute atomic E-state index is 12.7. The summed E-state index contributed by atoms with van der Waals surface area (Å²) in [6.45, 7) is 11.0. The van der Waals surface area contributed by atoms with Crippen molar-refractivity contribution < 1.29 is 22.7 Å². The van der Waals surface area contributed by atoms with Crippen LogP contribution in [0, 0.1) is 6.92 Å². The van der Waals surface area contributed by atoms with Crippen LogP contribution >= 0.6 is 0 Å². The van der Waals surface area contributed by atoms with Crippen LogP contribution in [0.5, 0.6) is 0 Å². The molecule has 8 heteroatoms. The third-order valence-corrected chi connectivity index (χ3v) is 7.33. The standard InChI is InChI=1S/C24H32N2O5S/c1-15(2)21-13-8-10-17(5)22(21)25-23(27)18(6)31-24(28)19-11-9-12-20(14-19)32(29,30)26(7)16(3)4/h8-16,18H,1-7H3,(H,25,27). The van der Waals surface area contributed by atoms with Crippen LogP contribution in [0.4, 0.5) is 5.69 Å². The van der Waals surface area contributed by atoms with E-state index >= 15 is 0 Å². The van der Waals surface area contributed by atoms with Gasteiger partial charge in [0.2, 0.25) is 10.0 Å². The number of carbonyl (C=O) groups excluding carboxylic acids is 2. The Hall–Kier alpha value is -2.71. The predicted octanol–water partition coefficient (Wildman–Crippen LogP) is 4.33. The highest BCUT2D eigenvalue weighted by atomic mass is 32.2. The first-order valence-electron chi connectivity index (χ1n) is 10.6. The van der Waals surface area contributed by atoms with E-state index in [0.29, 0.717) is 5.69 Å². The fourth-order valence-corrected chi connectivity index (χ4v) is 4.49. The number of hydrogen-bond acceptors (Lipinski definition) is 5. The van der Waals surface area contributed by atoms with Crippen molar-refractivity contribution in [1.82, 2.24) is 4.31 Å². The first-order valence-corrected chi connectivity index (χ1v) is 12.0. The molecular formula is C24H32N2O5S. The van der Waals surface area contributed by atoms with Crippen molar-refractivity contribution in [2.75, 3.05) is 12.4 Å². The van der Waals surface area contributed by atoms with Gasteiger partial charge in [-0.3, -0.25) is 4.79 Å². The molecule has 0 saturated heterocycles. The van der Waals surface area contributed by atoms with Crippen molar-refractivity contribution in [2.24, 2.45) is 0 Å². The number of hydrogen-bond donors (Lipinski definition) is 1. The Morgan fingerprint density at radius 2 is 1.62 bits per heavy atom. The van der Waals surface area contributed by atoms with E-state index in [1.807, 2.05) is 39.0 Å². The summed E-state index contributed by atoms with van der Waals surface area (Å²) in [5, 5.41) is 2.86. The second-order valence-corrected chi connectivity index (χ2v) is 10.4. The lowest BCUT2D eigenvalue weighted by atomic mass is 9.98. The molecule has 2 rings (SSSR count). The van der Waals surface area contributed by atoms with Gasteiger partial charge in [-0.2, -0.15) is 4.31 Å². The van der Waals surface area contributed by atoms with E-state index in [1.165, 1.54) is 42.5 Å². The molecule has 1 amide bonds. The Labute approximate surface area is 190 Å². The SMILES string of the molecule is Cc1cccc(C(C)C)c1NC(=O)C(C)OC(=O)c1cccc(S(=O)(=O)N(C)C(C)C)c1. The first kappa shape index (κ1) is 25.5. The molecule has 0 radical (unpaired) electrons. The van der Waals surface area contributed by atoms with Crippen LogP contribution in [0.15, 0.2) is 47.4 Å². The van der Waals surface area contributed by atoms with Crippen LogP contribution in [-0.2, 0) is 19.6 Å². The number of aryl methyl sites for hydroxylation is 1. The minimum Gasteiger partial charge on any atom is -0.449 e. The number of ether oxygens (including phenoxy) is 1. The summed E-state index contributed by atoms with van der Waals surface area (Å²) in [6.07, 6.45) is -1.07. The van der Waals surface area contributed by atoms with Crippen molar-refractivity contribution in [1.29, 1.82) is 0 Å². The minimum absolute atomic E-state index is 0.0123. The van der Waals surface area contributed by atoms with Gasteiger partial charge in [0.1, 0.15) is 0 Å². The number of nitrogens with one attached hydrogen (secondary N) is 1. The number of carbonyl (C=O) groups is 2. The first-order chi connectivity index (χ1) is 14.9. The van der Waals surface area contributed by atoms with Gasteiger partial charge >= 0.3 is 5.97 Å². The van der Waals surface area contributed by atoms with E-state index in [9.17, 15) is 18.0 Å². The van der Waals surface area contributed by atoms with Crippen molar-refractivity contribution in [3.05, 3.63) is 59.2 Å². The second kappa shape index (κ2) is 10.3. The van der Waals surface area contributed by atoms with E-state index < -0.39 is 28.0 Å². The topological polar surface area (TPSA) is 92.8 Å². The molecule has 2 aromatic rings. The summed E-state index contributed by atoms with van der Waals surface area (Å²) >= 11 is 0. The zero-order chi connectivity index (χ0) is 24.2. The van der Waals surface area contributed by atoms with Gasteiger partial charge in [0.05, 0.1) is 10.5 Å². The Balaban J connectivity index is 2.18. The van der Waals surface area contributed by atoms with Gasteiger partial charge in [0.25, 0.3) is 5.91 Å². The molecule has 0 aliphatic carbocycles. The fourth-order valence-electron chi connectivity index (χ4n) is 3.08. The predicted molar refractivity (Wildman–Crippen MR) is 125 cm³/mol. The van der Waals surface area contributed by atoms with Gasteiger partial charge < -0.3 is 10.1 Å². The van der Waals surface area contributed by atoms with Crippen LogP contribution in [0.1, 0.15) is 62.0 Å². The van der Waals surface area contributed by atoms with Crippen molar-refractivity contribution in [2.45, 2.75) is 64.5 Å². The number of rotatable bonds is 8. The van der Waals surface area contributed by atoms with Crippen molar-refractivity contribution in [3.63, 3.8) is 0 Å². The normalized spacial score (nSPS) is 12.8. The summed E-state index contributed by atoms with van der Waals surface area (Å²) < 4.78 is 32.0. The second-order valence-electron chi connectivity index (χ2n) is 8.37. The quantitative estimate of drug-likeness (QED) is 0.592. The Morgan fingerprint density at radius 3 is 2.22 bits per heavy atom. The molecule has 0 spiro atoms. The Kier molecular flexibility index (Phi) is 8.20. The highest BCUT2D eigenvalue weighted by Gasteiger charge is 2.25. The lowest BCUT2D eigenvalue weighted by molar-refractivity contribution is -0.123. The number of amides is 1. The fraction of sp³-hybridized carbons (Fsp3) is 0.417. The highest BCUT2D eigenvalue weighted by Crippen LogP contribution is 2.27. The molecule has 0 aliphatic rings. The number of para-hydroxylation sites is 1. The molecule has 1 N–H and O–H groups in total. The van der Waals surface area contributed by atoms with E-state index in [1.54, 1.807) is 13.8 Å². The molecule has 0 aliphatic heterocycles. The van der Waals surface area contributed by atoms with Crippen LogP contribution in [0.2, 0.25) is 0 Å². The van der Waals surface area contributed by atoms with Crippen molar-refractivity contribution in [3.8, 4) is 0 Å². The maximum atomic E-state index is 12.7. The zero-order valence-electron chi connectivity index (χ0n) is 19.7. The summed E-state index contributed by atoms with van der Waals surface area (Å²) in [6, 6.07) is 11.2. The molecule has 2 aromatic carbocycles. The maximum Gasteiger partial charge on any atom is 0.338 e. The molecular weight excluding hydrogens is 428 g/mol. The molecule has 0 aromatic heterocycles. The van der Waals surface area contributed by atoms with Gasteiger partial charge in [-0.05, 0) is 62.9 Å². The van der Waals surface area contributed by atoms with Gasteiger partial charge in [-0.25, -0.2) is 13.2 Å². The van der Waals surface area contributed by atoms with E-state index in [0.717, 1.165) is 11.1 Å². The van der Waals surface area contributed by atoms with E-state index in [-0.39, 0.29) is 22.4 Å². The minimum atomic E-state index is -3.75. The van der Waals surface area contributed by atoms with E-state index in [2.05, 4.69) is 5.32 Å².